The number of ether oxygens (including phenoxy) is 1. The lowest BCUT2D eigenvalue weighted by molar-refractivity contribution is -0.0719. The van der Waals surface area contributed by atoms with E-state index in [-0.39, 0.29) is 17.2 Å². The van der Waals surface area contributed by atoms with Crippen LogP contribution in [0.25, 0.3) is 0 Å². The van der Waals surface area contributed by atoms with Crippen molar-refractivity contribution in [2.45, 2.75) is 38.5 Å². The highest BCUT2D eigenvalue weighted by Crippen LogP contribution is 2.29. The van der Waals surface area contributed by atoms with Gasteiger partial charge in [0.25, 0.3) is 0 Å². The maximum atomic E-state index is 13.3. The quantitative estimate of drug-likeness (QED) is 0.929. The molecular weight excluding hydrogens is 279 g/mol. The van der Waals surface area contributed by atoms with Gasteiger partial charge in [-0.25, -0.2) is 4.39 Å². The fourth-order valence-corrected chi connectivity index (χ4v) is 2.98. The Balaban J connectivity index is 2.26. The van der Waals surface area contributed by atoms with E-state index in [2.05, 4.69) is 18.7 Å². The first-order valence-corrected chi connectivity index (χ1v) is 7.47. The first kappa shape index (κ1) is 15.7. The second kappa shape index (κ2) is 6.85. The van der Waals surface area contributed by atoms with Crippen molar-refractivity contribution < 1.29 is 9.13 Å². The molecule has 1 fully saturated rings. The average Bonchev–Trinajstić information content (AvgIpc) is 2.44. The molecule has 1 saturated heterocycles. The number of benzene rings is 1. The summed E-state index contributed by atoms with van der Waals surface area (Å²) in [6, 6.07) is 5.24. The van der Waals surface area contributed by atoms with Gasteiger partial charge in [-0.3, -0.25) is 4.90 Å². The molecule has 2 N–H and O–H groups in total. The molecule has 0 bridgehead atoms. The van der Waals surface area contributed by atoms with Crippen LogP contribution in [-0.4, -0.2) is 36.7 Å². The van der Waals surface area contributed by atoms with E-state index in [1.54, 1.807) is 12.1 Å². The summed E-state index contributed by atoms with van der Waals surface area (Å²) < 4.78 is 19.0. The zero-order valence-electron chi connectivity index (χ0n) is 12.0. The van der Waals surface area contributed by atoms with Crippen LogP contribution in [0.5, 0.6) is 0 Å². The summed E-state index contributed by atoms with van der Waals surface area (Å²) in [7, 11) is 0. The Bertz CT molecular complexity index is 457. The Morgan fingerprint density at radius 2 is 2.30 bits per heavy atom. The number of hydrogen-bond donors (Lipinski definition) is 1. The van der Waals surface area contributed by atoms with Gasteiger partial charge in [-0.1, -0.05) is 24.6 Å². The standard InChI is InChI=1S/C15H22ClFN2O/c1-3-12-9-20-10(2)8-19(12)15(7-18)11-4-5-14(17)13(16)6-11/h4-6,10,12,15H,3,7-9,18H2,1-2H3. The van der Waals surface area contributed by atoms with Crippen LogP contribution in [0, 0.1) is 5.82 Å². The molecule has 1 aliphatic rings. The Morgan fingerprint density at radius 1 is 1.55 bits per heavy atom. The molecule has 3 unspecified atom stereocenters. The van der Waals surface area contributed by atoms with E-state index in [0.29, 0.717) is 19.2 Å². The van der Waals surface area contributed by atoms with Gasteiger partial charge >= 0.3 is 0 Å². The first-order valence-electron chi connectivity index (χ1n) is 7.09. The maximum absolute atomic E-state index is 13.3. The van der Waals surface area contributed by atoms with Gasteiger partial charge in [-0.2, -0.15) is 0 Å². The van der Waals surface area contributed by atoms with Crippen LogP contribution in [0.2, 0.25) is 5.02 Å². The maximum Gasteiger partial charge on any atom is 0.141 e. The predicted molar refractivity (Wildman–Crippen MR) is 79.4 cm³/mol. The summed E-state index contributed by atoms with van der Waals surface area (Å²) in [5.74, 6) is -0.395. The SMILES string of the molecule is CCC1COC(C)CN1C(CN)c1ccc(F)c(Cl)c1. The second-order valence-electron chi connectivity index (χ2n) is 5.33. The average molecular weight is 301 g/mol. The molecule has 0 spiro atoms. The number of nitrogens with two attached hydrogens (primary N) is 1. The molecule has 3 nitrogen and oxygen atoms in total. The number of nitrogens with zero attached hydrogens (tertiary/aromatic N) is 1. The predicted octanol–water partition coefficient (Wildman–Crippen LogP) is 2.98. The van der Waals surface area contributed by atoms with Crippen molar-refractivity contribution in [1.29, 1.82) is 0 Å². The van der Waals surface area contributed by atoms with Crippen molar-refractivity contribution in [2.75, 3.05) is 19.7 Å². The Labute approximate surface area is 124 Å². The van der Waals surface area contributed by atoms with Gasteiger partial charge in [0.1, 0.15) is 5.82 Å². The molecule has 0 aliphatic carbocycles. The Hall–Kier alpha value is -0.680. The fraction of sp³-hybridized carbons (Fsp3) is 0.600. The van der Waals surface area contributed by atoms with Gasteiger partial charge in [-0.15, -0.1) is 0 Å². The molecule has 112 valence electrons. The molecule has 1 aromatic rings. The van der Waals surface area contributed by atoms with E-state index >= 15 is 0 Å². The minimum Gasteiger partial charge on any atom is -0.376 e. The van der Waals surface area contributed by atoms with Crippen molar-refractivity contribution in [3.8, 4) is 0 Å². The molecule has 1 aromatic carbocycles. The van der Waals surface area contributed by atoms with Crippen LogP contribution < -0.4 is 5.73 Å². The van der Waals surface area contributed by atoms with E-state index in [4.69, 9.17) is 22.1 Å². The first-order chi connectivity index (χ1) is 9.56. The molecular formula is C15H22ClFN2O. The summed E-state index contributed by atoms with van der Waals surface area (Å²) in [6.07, 6.45) is 1.18. The molecule has 2 rings (SSSR count). The van der Waals surface area contributed by atoms with E-state index in [0.717, 1.165) is 18.5 Å². The van der Waals surface area contributed by atoms with Crippen molar-refractivity contribution in [1.82, 2.24) is 4.90 Å². The van der Waals surface area contributed by atoms with Gasteiger partial charge in [0.2, 0.25) is 0 Å². The molecule has 0 amide bonds. The largest absolute Gasteiger partial charge is 0.376 e. The zero-order chi connectivity index (χ0) is 14.7. The van der Waals surface area contributed by atoms with Gasteiger partial charge in [-0.05, 0) is 31.0 Å². The zero-order valence-corrected chi connectivity index (χ0v) is 12.7. The third kappa shape index (κ3) is 3.31. The van der Waals surface area contributed by atoms with Crippen molar-refractivity contribution in [2.24, 2.45) is 5.73 Å². The Morgan fingerprint density at radius 3 is 2.90 bits per heavy atom. The molecule has 5 heteroatoms. The van der Waals surface area contributed by atoms with Crippen molar-refractivity contribution in [3.05, 3.63) is 34.6 Å². The normalized spacial score (nSPS) is 25.6. The second-order valence-corrected chi connectivity index (χ2v) is 5.74. The van der Waals surface area contributed by atoms with Crippen molar-refractivity contribution in [3.63, 3.8) is 0 Å². The van der Waals surface area contributed by atoms with Crippen LogP contribution >= 0.6 is 11.6 Å². The highest BCUT2D eigenvalue weighted by molar-refractivity contribution is 6.30. The van der Waals surface area contributed by atoms with Crippen LogP contribution in [0.15, 0.2) is 18.2 Å². The summed E-state index contributed by atoms with van der Waals surface area (Å²) in [4.78, 5) is 2.36. The number of halogens is 2. The number of rotatable bonds is 4. The third-order valence-electron chi connectivity index (χ3n) is 3.93. The van der Waals surface area contributed by atoms with Crippen LogP contribution in [-0.2, 0) is 4.74 Å². The highest BCUT2D eigenvalue weighted by Gasteiger charge is 2.31. The van der Waals surface area contributed by atoms with Gasteiger partial charge in [0.05, 0.1) is 17.7 Å². The molecule has 0 aromatic heterocycles. The third-order valence-corrected chi connectivity index (χ3v) is 4.22. The minimum atomic E-state index is -0.395. The van der Waals surface area contributed by atoms with Crippen LogP contribution in [0.4, 0.5) is 4.39 Å². The molecule has 3 atom stereocenters. The molecule has 0 saturated carbocycles. The van der Waals surface area contributed by atoms with E-state index < -0.39 is 5.82 Å². The monoisotopic (exact) mass is 300 g/mol. The van der Waals surface area contributed by atoms with Gasteiger partial charge in [0.15, 0.2) is 0 Å². The summed E-state index contributed by atoms with van der Waals surface area (Å²) >= 11 is 5.89. The summed E-state index contributed by atoms with van der Waals surface area (Å²) in [6.45, 7) is 6.22. The van der Waals surface area contributed by atoms with E-state index in [1.165, 1.54) is 6.07 Å². The molecule has 1 heterocycles. The lowest BCUT2D eigenvalue weighted by atomic mass is 10.0. The number of hydrogen-bond acceptors (Lipinski definition) is 3. The van der Waals surface area contributed by atoms with Crippen LogP contribution in [0.3, 0.4) is 0 Å². The molecule has 1 aliphatic heterocycles. The minimum absolute atomic E-state index is 0.0457. The van der Waals surface area contributed by atoms with Crippen LogP contribution in [0.1, 0.15) is 31.9 Å². The van der Waals surface area contributed by atoms with E-state index in [9.17, 15) is 4.39 Å². The smallest absolute Gasteiger partial charge is 0.141 e. The van der Waals surface area contributed by atoms with Gasteiger partial charge in [0, 0.05) is 25.2 Å². The summed E-state index contributed by atoms with van der Waals surface area (Å²) in [5, 5.41) is 0.148. The molecule has 0 radical (unpaired) electrons. The highest BCUT2D eigenvalue weighted by atomic mass is 35.5. The van der Waals surface area contributed by atoms with Gasteiger partial charge < -0.3 is 10.5 Å². The lowest BCUT2D eigenvalue weighted by Gasteiger charge is -2.43. The Kier molecular flexibility index (Phi) is 5.38. The van der Waals surface area contributed by atoms with Crippen molar-refractivity contribution >= 4 is 11.6 Å². The fourth-order valence-electron chi connectivity index (χ4n) is 2.79. The summed E-state index contributed by atoms with van der Waals surface area (Å²) in [5.41, 5.74) is 6.93. The molecule has 20 heavy (non-hydrogen) atoms. The van der Waals surface area contributed by atoms with E-state index in [1.807, 2.05) is 0 Å². The lowest BCUT2D eigenvalue weighted by Crippen LogP contribution is -2.51. The number of morpholine rings is 1. The topological polar surface area (TPSA) is 38.5 Å².